The van der Waals surface area contributed by atoms with Gasteiger partial charge in [0.05, 0.1) is 12.0 Å². The number of benzene rings is 3. The molecule has 1 amide bonds. The number of carboxylic acids is 2. The van der Waals surface area contributed by atoms with Crippen LogP contribution in [0, 0.1) is 19.3 Å². The van der Waals surface area contributed by atoms with Gasteiger partial charge < -0.3 is 25.0 Å². The molecule has 9 heteroatoms. The van der Waals surface area contributed by atoms with Crippen LogP contribution in [-0.2, 0) is 16.0 Å². The molecule has 43 heavy (non-hydrogen) atoms. The minimum absolute atomic E-state index is 0.153. The average Bonchev–Trinajstić information content (AvgIpc) is 2.94. The molecule has 0 spiro atoms. The van der Waals surface area contributed by atoms with Crippen LogP contribution >= 0.6 is 11.6 Å². The van der Waals surface area contributed by atoms with E-state index in [-0.39, 0.29) is 5.91 Å². The molecule has 0 aliphatic rings. The molecule has 0 aromatic heterocycles. The maximum Gasteiger partial charge on any atom is 0.347 e. The lowest BCUT2D eigenvalue weighted by atomic mass is 9.88. The zero-order valence-electron chi connectivity index (χ0n) is 25.7. The summed E-state index contributed by atoms with van der Waals surface area (Å²) in [6, 6.07) is 19.9. The summed E-state index contributed by atoms with van der Waals surface area (Å²) < 4.78 is 11.1. The van der Waals surface area contributed by atoms with Gasteiger partial charge in [-0.1, -0.05) is 35.9 Å². The van der Waals surface area contributed by atoms with Crippen LogP contribution in [0.25, 0.3) is 0 Å². The first kappa shape index (κ1) is 35.2. The van der Waals surface area contributed by atoms with Gasteiger partial charge in [-0.25, -0.2) is 4.79 Å². The molecule has 8 nitrogen and oxygen atoms in total. The number of hydrogen-bond donors (Lipinski definition) is 3. The summed E-state index contributed by atoms with van der Waals surface area (Å²) >= 11 is 5.80. The summed E-state index contributed by atoms with van der Waals surface area (Å²) in [5, 5.41) is 21.5. The lowest BCUT2D eigenvalue weighted by Crippen LogP contribution is -2.37. The number of hydrogen-bond acceptors (Lipinski definition) is 5. The summed E-state index contributed by atoms with van der Waals surface area (Å²) in [5.74, 6) is -0.556. The van der Waals surface area contributed by atoms with Crippen LogP contribution in [0.3, 0.4) is 0 Å². The van der Waals surface area contributed by atoms with Crippen molar-refractivity contribution in [3.05, 3.63) is 94.0 Å². The van der Waals surface area contributed by atoms with Gasteiger partial charge >= 0.3 is 11.9 Å². The summed E-state index contributed by atoms with van der Waals surface area (Å²) in [4.78, 5) is 34.0. The zero-order chi connectivity index (χ0) is 32.2. The number of aryl methyl sites for hydroxylation is 2. The highest BCUT2D eigenvalue weighted by Gasteiger charge is 2.29. The monoisotopic (exact) mass is 611 g/mol. The van der Waals surface area contributed by atoms with E-state index in [4.69, 9.17) is 31.3 Å². The summed E-state index contributed by atoms with van der Waals surface area (Å²) in [7, 11) is 0. The highest BCUT2D eigenvalue weighted by Crippen LogP contribution is 2.24. The number of carboxylic acid groups (broad SMARTS) is 2. The van der Waals surface area contributed by atoms with Gasteiger partial charge in [-0.15, -0.1) is 0 Å². The highest BCUT2D eigenvalue weighted by molar-refractivity contribution is 6.30. The molecule has 3 rings (SSSR count). The highest BCUT2D eigenvalue weighted by atomic mass is 35.5. The summed E-state index contributed by atoms with van der Waals surface area (Å²) in [6.07, 6.45) is 2.02. The van der Waals surface area contributed by atoms with E-state index < -0.39 is 23.0 Å². The van der Waals surface area contributed by atoms with Crippen LogP contribution in [0.4, 0.5) is 0 Å². The van der Waals surface area contributed by atoms with Gasteiger partial charge in [0.1, 0.15) is 11.5 Å². The zero-order valence-corrected chi connectivity index (χ0v) is 26.5. The van der Waals surface area contributed by atoms with Crippen molar-refractivity contribution >= 4 is 29.4 Å². The lowest BCUT2D eigenvalue weighted by Gasteiger charge is -2.21. The molecule has 0 heterocycles. The largest absolute Gasteiger partial charge is 0.493 e. The van der Waals surface area contributed by atoms with Crippen LogP contribution in [0.15, 0.2) is 66.7 Å². The van der Waals surface area contributed by atoms with Crippen LogP contribution in [0.5, 0.6) is 11.5 Å². The third-order valence-electron chi connectivity index (χ3n) is 6.74. The predicted molar refractivity (Wildman–Crippen MR) is 168 cm³/mol. The van der Waals surface area contributed by atoms with E-state index in [1.165, 1.54) is 19.4 Å². The van der Waals surface area contributed by atoms with Crippen molar-refractivity contribution in [1.29, 1.82) is 0 Å². The fourth-order valence-electron chi connectivity index (χ4n) is 3.75. The molecule has 0 unspecified atom stereocenters. The van der Waals surface area contributed by atoms with Gasteiger partial charge in [0.15, 0.2) is 5.60 Å². The molecule has 0 radical (unpaired) electrons. The number of carbonyl (C=O) groups excluding carboxylic acids is 1. The van der Waals surface area contributed by atoms with Gasteiger partial charge in [0.2, 0.25) is 0 Å². The average molecular weight is 612 g/mol. The smallest absolute Gasteiger partial charge is 0.347 e. The molecular formula is C34H42ClNO7. The summed E-state index contributed by atoms with van der Waals surface area (Å²) in [6.45, 7) is 11.6. The van der Waals surface area contributed by atoms with Gasteiger partial charge in [0, 0.05) is 17.1 Å². The Morgan fingerprint density at radius 1 is 0.860 bits per heavy atom. The van der Waals surface area contributed by atoms with Crippen LogP contribution in [-0.4, -0.2) is 46.8 Å². The Morgan fingerprint density at radius 3 is 2.07 bits per heavy atom. The third kappa shape index (κ3) is 12.0. The SMILES string of the molecule is CC(C)(Oc1ccc(CCNC(=O)c2ccc(Cl)cc2)cc1)C(=O)O.Cc1ccc(C)c(OCCCC(C)(C)C(=O)O)c1. The first-order chi connectivity index (χ1) is 20.1. The van der Waals surface area contributed by atoms with Crippen molar-refractivity contribution < 1.29 is 34.1 Å². The molecule has 3 N–H and O–H groups in total. The molecule has 0 aliphatic heterocycles. The van der Waals surface area contributed by atoms with Gasteiger partial charge in [0.25, 0.3) is 5.91 Å². The molecule has 3 aromatic rings. The number of nitrogens with one attached hydrogen (secondary N) is 1. The minimum Gasteiger partial charge on any atom is -0.493 e. The van der Waals surface area contributed by atoms with Crippen LogP contribution in [0.1, 0.15) is 67.6 Å². The quantitative estimate of drug-likeness (QED) is 0.176. The Bertz CT molecular complexity index is 1370. The molecule has 0 saturated carbocycles. The number of ether oxygens (including phenoxy) is 2. The van der Waals surface area contributed by atoms with E-state index in [2.05, 4.69) is 11.4 Å². The number of aliphatic carboxylic acids is 2. The van der Waals surface area contributed by atoms with E-state index in [1.54, 1.807) is 50.2 Å². The molecule has 0 fully saturated rings. The van der Waals surface area contributed by atoms with Gasteiger partial charge in [-0.05, 0) is 120 Å². The molecule has 0 bridgehead atoms. The number of halogens is 1. The molecule has 0 atom stereocenters. The maximum atomic E-state index is 12.0. The topological polar surface area (TPSA) is 122 Å². The fraction of sp³-hybridized carbons (Fsp3) is 0.382. The van der Waals surface area contributed by atoms with Gasteiger partial charge in [-0.3, -0.25) is 9.59 Å². The third-order valence-corrected chi connectivity index (χ3v) is 7.00. The number of rotatable bonds is 13. The van der Waals surface area contributed by atoms with Crippen molar-refractivity contribution in [3.8, 4) is 11.5 Å². The Morgan fingerprint density at radius 2 is 1.49 bits per heavy atom. The van der Waals surface area contributed by atoms with Crippen molar-refractivity contribution in [2.45, 2.75) is 66.4 Å². The second-order valence-corrected chi connectivity index (χ2v) is 11.9. The van der Waals surface area contributed by atoms with Crippen molar-refractivity contribution in [1.82, 2.24) is 5.32 Å². The Labute approximate surface area is 259 Å². The number of amides is 1. The number of carbonyl (C=O) groups is 3. The Kier molecular flexibility index (Phi) is 13.1. The standard InChI is InChI=1S/C19H20ClNO4.C15H22O3/c1-19(2,18(23)24)25-16-9-3-13(4-10-16)11-12-21-17(22)14-5-7-15(20)8-6-14;1-11-6-7-12(2)13(10-11)18-9-5-8-15(3,4)14(16)17/h3-10H,11-12H2,1-2H3,(H,21,22)(H,23,24);6-7,10H,5,8-9H2,1-4H3,(H,16,17). The maximum absolute atomic E-state index is 12.0. The Hall–Kier alpha value is -4.04. The predicted octanol–water partition coefficient (Wildman–Crippen LogP) is 7.13. The van der Waals surface area contributed by atoms with E-state index >= 15 is 0 Å². The van der Waals surface area contributed by atoms with Crippen molar-refractivity contribution in [2.75, 3.05) is 13.2 Å². The molecule has 3 aromatic carbocycles. The normalized spacial score (nSPS) is 11.1. The second kappa shape index (κ2) is 16.0. The molecule has 232 valence electrons. The van der Waals surface area contributed by atoms with Crippen molar-refractivity contribution in [2.24, 2.45) is 5.41 Å². The molecular weight excluding hydrogens is 570 g/mol. The minimum atomic E-state index is -1.28. The molecule has 0 saturated heterocycles. The van der Waals surface area contributed by atoms with Crippen LogP contribution < -0.4 is 14.8 Å². The second-order valence-electron chi connectivity index (χ2n) is 11.5. The first-order valence-corrected chi connectivity index (χ1v) is 14.5. The summed E-state index contributed by atoms with van der Waals surface area (Å²) in [5.41, 5.74) is 1.89. The fourth-order valence-corrected chi connectivity index (χ4v) is 3.88. The first-order valence-electron chi connectivity index (χ1n) is 14.1. The van der Waals surface area contributed by atoms with E-state index in [9.17, 15) is 14.4 Å². The van der Waals surface area contributed by atoms with Gasteiger partial charge in [-0.2, -0.15) is 0 Å². The Balaban J connectivity index is 0.000000317. The van der Waals surface area contributed by atoms with Crippen LogP contribution in [0.2, 0.25) is 5.02 Å². The van der Waals surface area contributed by atoms with Crippen molar-refractivity contribution in [3.63, 3.8) is 0 Å². The van der Waals surface area contributed by atoms with E-state index in [0.717, 1.165) is 23.3 Å². The molecule has 0 aliphatic carbocycles. The van der Waals surface area contributed by atoms with E-state index in [1.807, 2.05) is 38.1 Å². The lowest BCUT2D eigenvalue weighted by molar-refractivity contribution is -0.152. The van der Waals surface area contributed by atoms with E-state index in [0.29, 0.717) is 42.3 Å².